The van der Waals surface area contributed by atoms with Gasteiger partial charge in [0, 0.05) is 5.56 Å². The van der Waals surface area contributed by atoms with Crippen LogP contribution in [0.15, 0.2) is 42.5 Å². The van der Waals surface area contributed by atoms with Crippen molar-refractivity contribution >= 4 is 0 Å². The van der Waals surface area contributed by atoms with Crippen LogP contribution in [0.3, 0.4) is 0 Å². The molecular formula is C22H34N2O2+2. The van der Waals surface area contributed by atoms with Crippen molar-refractivity contribution in [2.24, 2.45) is 0 Å². The fourth-order valence-corrected chi connectivity index (χ4v) is 3.24. The first-order valence-corrected chi connectivity index (χ1v) is 9.44. The van der Waals surface area contributed by atoms with E-state index in [0.29, 0.717) is 19.2 Å². The summed E-state index contributed by atoms with van der Waals surface area (Å²) in [6.45, 7) is 8.10. The van der Waals surface area contributed by atoms with Gasteiger partial charge in [-0.25, -0.2) is 0 Å². The van der Waals surface area contributed by atoms with E-state index < -0.39 is 6.10 Å². The van der Waals surface area contributed by atoms with Crippen LogP contribution in [0.1, 0.15) is 28.3 Å². The average Bonchev–Trinajstić information content (AvgIpc) is 2.62. The molecule has 0 fully saturated rings. The lowest BCUT2D eigenvalue weighted by atomic mass is 10.1. The second-order valence-electron chi connectivity index (χ2n) is 7.42. The molecule has 26 heavy (non-hydrogen) atoms. The minimum atomic E-state index is -0.483. The van der Waals surface area contributed by atoms with Gasteiger partial charge in [-0.2, -0.15) is 0 Å². The topological polar surface area (TPSA) is 50.5 Å². The number of nitrogens with two attached hydrogens (primary N) is 1. The molecule has 4 heteroatoms. The van der Waals surface area contributed by atoms with Crippen molar-refractivity contribution in [3.05, 3.63) is 64.7 Å². The second-order valence-corrected chi connectivity index (χ2v) is 7.42. The molecule has 0 bridgehead atoms. The first-order chi connectivity index (χ1) is 12.4. The maximum absolute atomic E-state index is 10.3. The van der Waals surface area contributed by atoms with E-state index in [1.807, 2.05) is 13.0 Å². The average molecular weight is 359 g/mol. The molecule has 2 aromatic rings. The van der Waals surface area contributed by atoms with Crippen molar-refractivity contribution in [3.8, 4) is 5.75 Å². The lowest BCUT2D eigenvalue weighted by Gasteiger charge is -2.21. The number of aliphatic hydroxyl groups is 1. The van der Waals surface area contributed by atoms with Crippen molar-refractivity contribution in [1.82, 2.24) is 0 Å². The quantitative estimate of drug-likeness (QED) is 0.621. The Bertz CT molecular complexity index is 686. The van der Waals surface area contributed by atoms with Gasteiger partial charge >= 0.3 is 0 Å². The number of quaternary nitrogens is 2. The molecule has 0 aliphatic carbocycles. The van der Waals surface area contributed by atoms with Gasteiger partial charge < -0.3 is 20.1 Å². The van der Waals surface area contributed by atoms with E-state index in [-0.39, 0.29) is 0 Å². The Morgan fingerprint density at radius 2 is 1.62 bits per heavy atom. The largest absolute Gasteiger partial charge is 0.490 e. The van der Waals surface area contributed by atoms with Gasteiger partial charge in [0.05, 0.1) is 14.1 Å². The zero-order chi connectivity index (χ0) is 19.1. The molecule has 0 amide bonds. The van der Waals surface area contributed by atoms with E-state index in [9.17, 15) is 5.11 Å². The standard InChI is InChI=1S/C22H32N2O2/c1-16-11-12-17(2)22(18(16)3)26-15-20(25)13-23-14-21(24(4)5)19-9-7-6-8-10-19/h6-12,20-21,23,25H,13-15H2,1-5H3/p+2/t20-,21-/m1/s1. The first-order valence-electron chi connectivity index (χ1n) is 9.44. The van der Waals surface area contributed by atoms with Gasteiger partial charge in [-0.1, -0.05) is 42.5 Å². The summed E-state index contributed by atoms with van der Waals surface area (Å²) in [7, 11) is 4.35. The molecule has 4 nitrogen and oxygen atoms in total. The molecule has 0 radical (unpaired) electrons. The molecule has 0 saturated heterocycles. The number of aryl methyl sites for hydroxylation is 2. The van der Waals surface area contributed by atoms with E-state index in [2.05, 4.69) is 69.7 Å². The van der Waals surface area contributed by atoms with Gasteiger partial charge in [0.25, 0.3) is 0 Å². The number of aliphatic hydroxyl groups excluding tert-OH is 1. The lowest BCUT2D eigenvalue weighted by molar-refractivity contribution is -0.909. The number of hydrogen-bond donors (Lipinski definition) is 3. The van der Waals surface area contributed by atoms with Crippen molar-refractivity contribution in [1.29, 1.82) is 0 Å². The number of hydrogen-bond acceptors (Lipinski definition) is 2. The van der Waals surface area contributed by atoms with Crippen LogP contribution in [0, 0.1) is 20.8 Å². The highest BCUT2D eigenvalue weighted by molar-refractivity contribution is 5.44. The summed E-state index contributed by atoms with van der Waals surface area (Å²) in [4.78, 5) is 1.39. The van der Waals surface area contributed by atoms with E-state index >= 15 is 0 Å². The monoisotopic (exact) mass is 358 g/mol. The summed E-state index contributed by atoms with van der Waals surface area (Å²) in [5.41, 5.74) is 4.82. The van der Waals surface area contributed by atoms with Gasteiger partial charge in [0.2, 0.25) is 0 Å². The van der Waals surface area contributed by atoms with E-state index in [1.165, 1.54) is 16.0 Å². The molecule has 2 aromatic carbocycles. The number of rotatable bonds is 9. The third-order valence-electron chi connectivity index (χ3n) is 5.03. The summed E-state index contributed by atoms with van der Waals surface area (Å²) in [6.07, 6.45) is -0.483. The van der Waals surface area contributed by atoms with Gasteiger partial charge in [-0.3, -0.25) is 0 Å². The zero-order valence-electron chi connectivity index (χ0n) is 16.8. The Morgan fingerprint density at radius 1 is 0.962 bits per heavy atom. The Labute approximate surface area is 157 Å². The number of benzene rings is 2. The van der Waals surface area contributed by atoms with Crippen LogP contribution in [0.4, 0.5) is 0 Å². The maximum atomic E-state index is 10.3. The summed E-state index contributed by atoms with van der Waals surface area (Å²) in [5, 5.41) is 12.5. The molecular weight excluding hydrogens is 324 g/mol. The molecule has 4 N–H and O–H groups in total. The molecule has 2 rings (SSSR count). The van der Waals surface area contributed by atoms with Crippen molar-refractivity contribution < 1.29 is 20.1 Å². The number of ether oxygens (including phenoxy) is 1. The molecule has 0 unspecified atom stereocenters. The predicted octanol–water partition coefficient (Wildman–Crippen LogP) is 0.801. The summed E-state index contributed by atoms with van der Waals surface area (Å²) in [6, 6.07) is 15.1. The Balaban J connectivity index is 1.83. The van der Waals surface area contributed by atoms with Crippen LogP contribution in [0.5, 0.6) is 5.75 Å². The minimum absolute atomic E-state index is 0.326. The van der Waals surface area contributed by atoms with Gasteiger partial charge in [0.1, 0.15) is 31.5 Å². The van der Waals surface area contributed by atoms with Gasteiger partial charge in [-0.05, 0) is 37.5 Å². The van der Waals surface area contributed by atoms with Crippen molar-refractivity contribution in [2.75, 3.05) is 33.8 Å². The van der Waals surface area contributed by atoms with Crippen LogP contribution in [0.25, 0.3) is 0 Å². The molecule has 0 aliphatic rings. The molecule has 0 aliphatic heterocycles. The molecule has 142 valence electrons. The normalized spacial score (nSPS) is 13.7. The van der Waals surface area contributed by atoms with Crippen LogP contribution in [-0.2, 0) is 0 Å². The highest BCUT2D eigenvalue weighted by Crippen LogP contribution is 2.25. The maximum Gasteiger partial charge on any atom is 0.162 e. The predicted molar refractivity (Wildman–Crippen MR) is 106 cm³/mol. The third-order valence-corrected chi connectivity index (χ3v) is 5.03. The Hall–Kier alpha value is -1.88. The molecule has 2 atom stereocenters. The van der Waals surface area contributed by atoms with Crippen molar-refractivity contribution in [2.45, 2.75) is 32.9 Å². The molecule has 0 heterocycles. The van der Waals surface area contributed by atoms with Crippen LogP contribution >= 0.6 is 0 Å². The van der Waals surface area contributed by atoms with Crippen molar-refractivity contribution in [3.63, 3.8) is 0 Å². The van der Waals surface area contributed by atoms with Crippen LogP contribution in [-0.4, -0.2) is 45.0 Å². The van der Waals surface area contributed by atoms with Gasteiger partial charge in [-0.15, -0.1) is 0 Å². The highest BCUT2D eigenvalue weighted by atomic mass is 16.5. The fraction of sp³-hybridized carbons (Fsp3) is 0.455. The summed E-state index contributed by atoms with van der Waals surface area (Å²) in [5.74, 6) is 0.906. The summed E-state index contributed by atoms with van der Waals surface area (Å²) < 4.78 is 5.92. The number of nitrogens with one attached hydrogen (secondary N) is 1. The number of likely N-dealkylation sites (N-methyl/N-ethyl adjacent to an activating group) is 1. The fourth-order valence-electron chi connectivity index (χ4n) is 3.24. The Morgan fingerprint density at radius 3 is 2.27 bits per heavy atom. The molecule has 0 aromatic heterocycles. The third kappa shape index (κ3) is 5.56. The van der Waals surface area contributed by atoms with Crippen LogP contribution < -0.4 is 15.0 Å². The molecule has 0 spiro atoms. The van der Waals surface area contributed by atoms with Crippen LogP contribution in [0.2, 0.25) is 0 Å². The smallest absolute Gasteiger partial charge is 0.162 e. The first kappa shape index (κ1) is 20.4. The Kier molecular flexibility index (Phi) is 7.64. The zero-order valence-corrected chi connectivity index (χ0v) is 16.8. The molecule has 0 saturated carbocycles. The van der Waals surface area contributed by atoms with E-state index in [4.69, 9.17) is 4.74 Å². The highest BCUT2D eigenvalue weighted by Gasteiger charge is 2.20. The SMILES string of the molecule is Cc1ccc(C)c(OC[C@H](O)C[NH2+]C[C@H](c2ccccc2)[NH+](C)C)c1C. The summed E-state index contributed by atoms with van der Waals surface area (Å²) >= 11 is 0. The minimum Gasteiger partial charge on any atom is -0.490 e. The second kappa shape index (κ2) is 9.72. The van der Waals surface area contributed by atoms with Gasteiger partial charge in [0.15, 0.2) is 6.04 Å². The van der Waals surface area contributed by atoms with E-state index in [1.54, 1.807) is 0 Å². The lowest BCUT2D eigenvalue weighted by Crippen LogP contribution is -3.09. The van der Waals surface area contributed by atoms with E-state index in [0.717, 1.165) is 23.4 Å².